The number of para-hydroxylation sites is 2. The second-order valence-corrected chi connectivity index (χ2v) is 10.4. The zero-order valence-corrected chi connectivity index (χ0v) is 19.2. The molecule has 33 heavy (non-hydrogen) atoms. The van der Waals surface area contributed by atoms with Crippen LogP contribution in [0.2, 0.25) is 0 Å². The van der Waals surface area contributed by atoms with Gasteiger partial charge in [-0.25, -0.2) is 8.42 Å². The molecule has 0 radical (unpaired) electrons. The Balaban J connectivity index is 1.39. The minimum Gasteiger partial charge on any atom is -0.476 e. The summed E-state index contributed by atoms with van der Waals surface area (Å²) in [5.41, 5.74) is 4.19. The van der Waals surface area contributed by atoms with Gasteiger partial charge in [0.15, 0.2) is 6.10 Å². The Hall–Kier alpha value is -3.32. The third kappa shape index (κ3) is 4.09. The molecule has 0 bridgehead atoms. The van der Waals surface area contributed by atoms with Crippen LogP contribution in [-0.4, -0.2) is 27.0 Å². The van der Waals surface area contributed by atoms with E-state index in [2.05, 4.69) is 23.5 Å². The van der Waals surface area contributed by atoms with Crippen LogP contribution in [0.4, 0.5) is 5.69 Å². The molecule has 6 nitrogen and oxygen atoms in total. The average Bonchev–Trinajstić information content (AvgIpc) is 3.31. The van der Waals surface area contributed by atoms with Crippen LogP contribution in [0.3, 0.4) is 0 Å². The Labute approximate surface area is 194 Å². The summed E-state index contributed by atoms with van der Waals surface area (Å²) in [4.78, 5) is 13.4. The van der Waals surface area contributed by atoms with E-state index in [1.165, 1.54) is 21.9 Å². The number of carbonyl (C=O) groups excluding carboxylic acids is 1. The van der Waals surface area contributed by atoms with Gasteiger partial charge in [0.2, 0.25) is 0 Å². The third-order valence-electron chi connectivity index (χ3n) is 6.34. The third-order valence-corrected chi connectivity index (χ3v) is 8.13. The highest BCUT2D eigenvalue weighted by molar-refractivity contribution is 7.92. The number of carbonyl (C=O) groups is 1. The fourth-order valence-corrected chi connectivity index (χ4v) is 6.03. The lowest BCUT2D eigenvalue weighted by atomic mass is 10.0. The molecule has 5 rings (SSSR count). The highest BCUT2D eigenvalue weighted by Crippen LogP contribution is 2.37. The first-order valence-corrected chi connectivity index (χ1v) is 12.6. The smallest absolute Gasteiger partial charge is 0.264 e. The first-order chi connectivity index (χ1) is 15.9. The van der Waals surface area contributed by atoms with Crippen LogP contribution >= 0.6 is 0 Å². The van der Waals surface area contributed by atoms with Crippen LogP contribution in [-0.2, 0) is 27.7 Å². The molecule has 3 aromatic carbocycles. The number of nitrogens with one attached hydrogen (secondary N) is 1. The maximum atomic E-state index is 13.4. The Kier molecular flexibility index (Phi) is 5.58. The summed E-state index contributed by atoms with van der Waals surface area (Å²) in [6.07, 6.45) is 2.38. The van der Waals surface area contributed by atoms with Gasteiger partial charge < -0.3 is 10.1 Å². The fraction of sp³-hybridized carbons (Fsp3) is 0.269. The largest absolute Gasteiger partial charge is 0.476 e. The van der Waals surface area contributed by atoms with E-state index in [0.29, 0.717) is 11.4 Å². The molecule has 0 aromatic heterocycles. The maximum absolute atomic E-state index is 13.4. The van der Waals surface area contributed by atoms with Gasteiger partial charge in [-0.05, 0) is 67.1 Å². The number of nitrogens with zero attached hydrogens (tertiary/aromatic N) is 1. The normalized spacial score (nSPS) is 18.1. The molecule has 1 amide bonds. The Bertz CT molecular complexity index is 1290. The van der Waals surface area contributed by atoms with E-state index in [1.54, 1.807) is 54.6 Å². The van der Waals surface area contributed by atoms with Crippen LogP contribution < -0.4 is 14.4 Å². The molecule has 1 heterocycles. The van der Waals surface area contributed by atoms with Crippen molar-refractivity contribution in [2.75, 3.05) is 10.8 Å². The summed E-state index contributed by atoms with van der Waals surface area (Å²) in [7, 11) is -3.86. The molecule has 7 heteroatoms. The predicted octanol–water partition coefficient (Wildman–Crippen LogP) is 4.01. The molecular formula is C26H26N2O4S. The molecule has 0 unspecified atom stereocenters. The molecule has 0 fully saturated rings. The van der Waals surface area contributed by atoms with Gasteiger partial charge in [0.25, 0.3) is 15.9 Å². The minimum absolute atomic E-state index is 0.100. The van der Waals surface area contributed by atoms with Gasteiger partial charge in [0.05, 0.1) is 23.2 Å². The van der Waals surface area contributed by atoms with Crippen LogP contribution in [0.15, 0.2) is 77.7 Å². The van der Waals surface area contributed by atoms with Gasteiger partial charge >= 0.3 is 0 Å². The molecule has 1 N–H and O–H groups in total. The highest BCUT2D eigenvalue weighted by atomic mass is 32.2. The molecule has 2 atom stereocenters. The second kappa shape index (κ2) is 8.56. The van der Waals surface area contributed by atoms with Crippen molar-refractivity contribution in [1.29, 1.82) is 0 Å². The number of hydrogen-bond donors (Lipinski definition) is 1. The summed E-state index contributed by atoms with van der Waals surface area (Å²) >= 11 is 0. The molecule has 0 spiro atoms. The van der Waals surface area contributed by atoms with E-state index in [0.717, 1.165) is 18.4 Å². The first kappa shape index (κ1) is 21.5. The van der Waals surface area contributed by atoms with Crippen molar-refractivity contribution in [3.05, 3.63) is 89.5 Å². The number of benzene rings is 3. The van der Waals surface area contributed by atoms with Crippen molar-refractivity contribution in [2.45, 2.75) is 43.2 Å². The van der Waals surface area contributed by atoms with Gasteiger partial charge in [-0.3, -0.25) is 9.10 Å². The number of hydrogen-bond acceptors (Lipinski definition) is 4. The number of sulfonamides is 1. The summed E-state index contributed by atoms with van der Waals surface area (Å²) in [6.45, 7) is 1.83. The number of fused-ring (bicyclic) bond motifs is 2. The van der Waals surface area contributed by atoms with Crippen LogP contribution in [0.1, 0.15) is 36.1 Å². The van der Waals surface area contributed by atoms with E-state index in [-0.39, 0.29) is 23.4 Å². The monoisotopic (exact) mass is 462 g/mol. The second-order valence-electron chi connectivity index (χ2n) is 8.54. The Morgan fingerprint density at radius 3 is 2.55 bits per heavy atom. The van der Waals surface area contributed by atoms with Crippen LogP contribution in [0.25, 0.3) is 0 Å². The molecule has 2 aliphatic rings. The topological polar surface area (TPSA) is 75.7 Å². The number of rotatable bonds is 5. The Morgan fingerprint density at radius 1 is 1.00 bits per heavy atom. The maximum Gasteiger partial charge on any atom is 0.264 e. The van der Waals surface area contributed by atoms with E-state index in [4.69, 9.17) is 4.74 Å². The molecule has 0 saturated heterocycles. The van der Waals surface area contributed by atoms with Crippen molar-refractivity contribution in [2.24, 2.45) is 0 Å². The van der Waals surface area contributed by atoms with Crippen molar-refractivity contribution in [3.63, 3.8) is 0 Å². The molecule has 0 saturated carbocycles. The quantitative estimate of drug-likeness (QED) is 0.622. The lowest BCUT2D eigenvalue weighted by Crippen LogP contribution is -2.51. The SMILES string of the molecule is C[C@H](NC(=O)[C@@H]1CN(S(=O)(=O)c2ccccc2)c2ccccc2O1)c1ccc2c(c1)CCC2. The highest BCUT2D eigenvalue weighted by Gasteiger charge is 2.37. The Morgan fingerprint density at radius 2 is 1.73 bits per heavy atom. The van der Waals surface area contributed by atoms with Gasteiger partial charge in [-0.2, -0.15) is 0 Å². The average molecular weight is 463 g/mol. The summed E-state index contributed by atoms with van der Waals surface area (Å²) in [6, 6.07) is 21.3. The van der Waals surface area contributed by atoms with E-state index >= 15 is 0 Å². The van der Waals surface area contributed by atoms with Gasteiger partial charge in [0, 0.05) is 0 Å². The van der Waals surface area contributed by atoms with Crippen molar-refractivity contribution < 1.29 is 17.9 Å². The van der Waals surface area contributed by atoms with Crippen LogP contribution in [0.5, 0.6) is 5.75 Å². The van der Waals surface area contributed by atoms with Gasteiger partial charge in [-0.1, -0.05) is 48.5 Å². The lowest BCUT2D eigenvalue weighted by Gasteiger charge is -2.35. The van der Waals surface area contributed by atoms with Crippen molar-refractivity contribution >= 4 is 21.6 Å². The fourth-order valence-electron chi connectivity index (χ4n) is 4.54. The van der Waals surface area contributed by atoms with Crippen molar-refractivity contribution in [1.82, 2.24) is 5.32 Å². The summed E-state index contributed by atoms with van der Waals surface area (Å²) < 4.78 is 34.0. The predicted molar refractivity (Wildman–Crippen MR) is 127 cm³/mol. The zero-order chi connectivity index (χ0) is 23.0. The van der Waals surface area contributed by atoms with E-state index < -0.39 is 16.1 Å². The summed E-state index contributed by atoms with van der Waals surface area (Å²) in [5.74, 6) is 0.0272. The number of amides is 1. The van der Waals surface area contributed by atoms with Gasteiger partial charge in [-0.15, -0.1) is 0 Å². The lowest BCUT2D eigenvalue weighted by molar-refractivity contribution is -0.128. The zero-order valence-electron chi connectivity index (χ0n) is 18.4. The van der Waals surface area contributed by atoms with Crippen LogP contribution in [0, 0.1) is 0 Å². The van der Waals surface area contributed by atoms with Crippen molar-refractivity contribution in [3.8, 4) is 5.75 Å². The van der Waals surface area contributed by atoms with E-state index in [9.17, 15) is 13.2 Å². The minimum atomic E-state index is -3.86. The molecule has 3 aromatic rings. The standard InChI is InChI=1S/C26H26N2O4S/c1-18(20-15-14-19-8-7-9-21(19)16-20)27-26(29)25-17-28(23-12-5-6-13-24(23)32-25)33(30,31)22-10-3-2-4-11-22/h2-6,10-16,18,25H,7-9,17H2,1H3,(H,27,29)/t18-,25-/m0/s1. The van der Waals surface area contributed by atoms with Gasteiger partial charge in [0.1, 0.15) is 5.75 Å². The van der Waals surface area contributed by atoms with E-state index in [1.807, 2.05) is 6.92 Å². The number of ether oxygens (including phenoxy) is 1. The number of anilines is 1. The molecule has 1 aliphatic heterocycles. The summed E-state index contributed by atoms with van der Waals surface area (Å²) in [5, 5.41) is 3.01. The molecule has 1 aliphatic carbocycles. The first-order valence-electron chi connectivity index (χ1n) is 11.2. The number of aryl methyl sites for hydroxylation is 2. The molecular weight excluding hydrogens is 436 g/mol. The molecule has 170 valence electrons.